The highest BCUT2D eigenvalue weighted by Gasteiger charge is 2.22. The first kappa shape index (κ1) is 41.9. The molecule has 0 aromatic rings. The van der Waals surface area contributed by atoms with E-state index in [1.165, 1.54) is 18.4 Å². The molecule has 0 aliphatic rings. The number of methoxy groups -OCH3 is 1. The molecule has 3 atom stereocenters. The Morgan fingerprint density at radius 1 is 0.775 bits per heavy atom. The Morgan fingerprint density at radius 3 is 1.68 bits per heavy atom. The third-order valence-corrected chi connectivity index (χ3v) is 6.56. The maximum absolute atomic E-state index is 15.1. The second-order valence-electron chi connectivity index (χ2n) is 11.1. The number of rotatable bonds is 18. The Morgan fingerprint density at radius 2 is 1.25 bits per heavy atom. The monoisotopic (exact) mass is 564 g/mol. The molecule has 0 amide bonds. The summed E-state index contributed by atoms with van der Waals surface area (Å²) in [6.07, 6.45) is 6.45. The van der Waals surface area contributed by atoms with E-state index >= 15 is 8.78 Å². The maximum Gasteiger partial charge on any atom is 0.166 e. The first-order valence-corrected chi connectivity index (χ1v) is 14.2. The van der Waals surface area contributed by atoms with Gasteiger partial charge in [0.1, 0.15) is 19.2 Å². The van der Waals surface area contributed by atoms with Gasteiger partial charge in [-0.2, -0.15) is 0 Å². The molecule has 40 heavy (non-hydrogen) atoms. The molecule has 0 N–H and O–H groups in total. The number of halogens is 2. The Labute approximate surface area is 245 Å². The van der Waals surface area contributed by atoms with Crippen molar-refractivity contribution in [2.24, 2.45) is 23.7 Å². The smallest absolute Gasteiger partial charge is 0.166 e. The molecule has 3 unspecified atom stereocenters. The molecule has 0 aliphatic carbocycles. The van der Waals surface area contributed by atoms with Gasteiger partial charge >= 0.3 is 0 Å². The van der Waals surface area contributed by atoms with Gasteiger partial charge in [0.15, 0.2) is 11.7 Å². The lowest BCUT2D eigenvalue weighted by atomic mass is 9.83. The Hall–Kier alpha value is -2.53. The number of carbonyl (C=O) groups is 1. The van der Waals surface area contributed by atoms with Gasteiger partial charge in [0.25, 0.3) is 0 Å². The number of carbonyl (C=O) groups excluding carboxylic acids is 1. The molecule has 0 fully saturated rings. The second kappa shape index (κ2) is 24.3. The summed E-state index contributed by atoms with van der Waals surface area (Å²) >= 11 is 0. The van der Waals surface area contributed by atoms with Gasteiger partial charge in [0.05, 0.1) is 6.61 Å². The molecule has 5 heteroatoms. The van der Waals surface area contributed by atoms with E-state index in [0.29, 0.717) is 36.5 Å². The molecule has 0 bridgehead atoms. The van der Waals surface area contributed by atoms with Gasteiger partial charge in [-0.3, -0.25) is 0 Å². The van der Waals surface area contributed by atoms with Crippen LogP contribution in [0.2, 0.25) is 0 Å². The van der Waals surface area contributed by atoms with E-state index in [2.05, 4.69) is 60.6 Å². The zero-order chi connectivity index (χ0) is 32.0. The first-order valence-electron chi connectivity index (χ1n) is 14.2. The van der Waals surface area contributed by atoms with Crippen molar-refractivity contribution in [3.63, 3.8) is 0 Å². The van der Waals surface area contributed by atoms with Crippen molar-refractivity contribution in [1.29, 1.82) is 0 Å². The molecule has 0 saturated carbocycles. The van der Waals surface area contributed by atoms with Crippen LogP contribution in [0.3, 0.4) is 0 Å². The normalized spacial score (nSPS) is 13.8. The van der Waals surface area contributed by atoms with Crippen molar-refractivity contribution in [1.82, 2.24) is 0 Å². The number of ether oxygens (including phenoxy) is 2. The van der Waals surface area contributed by atoms with Crippen LogP contribution in [-0.2, 0) is 14.3 Å². The Kier molecular flexibility index (Phi) is 25.5. The van der Waals surface area contributed by atoms with Crippen LogP contribution in [0.1, 0.15) is 87.5 Å². The summed E-state index contributed by atoms with van der Waals surface area (Å²) in [5.41, 5.74) is 2.11. The van der Waals surface area contributed by atoms with Crippen molar-refractivity contribution in [2.75, 3.05) is 20.3 Å². The molecule has 0 aliphatic heterocycles. The lowest BCUT2D eigenvalue weighted by Crippen LogP contribution is -2.11. The third kappa shape index (κ3) is 19.5. The first-order chi connectivity index (χ1) is 18.6. The van der Waals surface area contributed by atoms with Gasteiger partial charge in [-0.25, -0.2) is 8.78 Å². The number of allylic oxidation sites excluding steroid dienone is 7. The lowest BCUT2D eigenvalue weighted by molar-refractivity contribution is -0.0980. The quantitative estimate of drug-likeness (QED) is 0.0719. The number of hydrogen-bond acceptors (Lipinski definition) is 3. The Bertz CT molecular complexity index is 860. The van der Waals surface area contributed by atoms with Gasteiger partial charge < -0.3 is 14.3 Å². The molecule has 0 rings (SSSR count). The summed E-state index contributed by atoms with van der Waals surface area (Å²) in [7, 11) is 1.56. The van der Waals surface area contributed by atoms with E-state index in [-0.39, 0.29) is 29.2 Å². The average Bonchev–Trinajstić information content (AvgIpc) is 2.92. The number of hydrogen-bond donors (Lipinski definition) is 0. The fourth-order valence-corrected chi connectivity index (χ4v) is 3.36. The van der Waals surface area contributed by atoms with Gasteiger partial charge in [0.2, 0.25) is 0 Å². The van der Waals surface area contributed by atoms with Crippen LogP contribution >= 0.6 is 0 Å². The van der Waals surface area contributed by atoms with Gasteiger partial charge in [-0.05, 0) is 68.4 Å². The Balaban J connectivity index is -0.00000208. The molecule has 0 aromatic carbocycles. The zero-order valence-electron chi connectivity index (χ0n) is 27.1. The van der Waals surface area contributed by atoms with Crippen molar-refractivity contribution in [3.8, 4) is 0 Å². The van der Waals surface area contributed by atoms with Crippen LogP contribution in [0.15, 0.2) is 84.2 Å². The average molecular weight is 565 g/mol. The van der Waals surface area contributed by atoms with Gasteiger partial charge in [-0.15, -0.1) is 6.58 Å². The van der Waals surface area contributed by atoms with Crippen LogP contribution in [0.5, 0.6) is 0 Å². The fraction of sp³-hybridized carbons (Fsp3) is 0.571. The molecular formula is C35H58F2O3. The van der Waals surface area contributed by atoms with Crippen molar-refractivity contribution >= 4 is 6.79 Å². The van der Waals surface area contributed by atoms with E-state index in [9.17, 15) is 0 Å². The summed E-state index contributed by atoms with van der Waals surface area (Å²) in [6, 6.07) is 0. The minimum atomic E-state index is -1.05. The molecular weight excluding hydrogens is 506 g/mol. The van der Waals surface area contributed by atoms with Gasteiger partial charge in [0, 0.05) is 18.3 Å². The van der Waals surface area contributed by atoms with Crippen LogP contribution < -0.4 is 0 Å². The topological polar surface area (TPSA) is 35.5 Å². The van der Waals surface area contributed by atoms with Crippen LogP contribution in [0.4, 0.5) is 8.78 Å². The minimum Gasteiger partial charge on any atom is -0.491 e. The van der Waals surface area contributed by atoms with E-state index in [1.54, 1.807) is 13.2 Å². The third-order valence-electron chi connectivity index (χ3n) is 6.56. The van der Waals surface area contributed by atoms with Crippen LogP contribution in [-0.4, -0.2) is 27.1 Å². The summed E-state index contributed by atoms with van der Waals surface area (Å²) in [5, 5.41) is 0. The molecule has 230 valence electrons. The zero-order valence-corrected chi connectivity index (χ0v) is 27.1. The predicted octanol–water partition coefficient (Wildman–Crippen LogP) is 10.8. The lowest BCUT2D eigenvalue weighted by Gasteiger charge is -2.23. The molecule has 0 saturated heterocycles. The van der Waals surface area contributed by atoms with Crippen molar-refractivity contribution in [2.45, 2.75) is 87.5 Å². The summed E-state index contributed by atoms with van der Waals surface area (Å²) in [6.45, 7) is 38.3. The fourth-order valence-electron chi connectivity index (χ4n) is 3.36. The van der Waals surface area contributed by atoms with Gasteiger partial charge in [-0.1, -0.05) is 91.8 Å². The maximum atomic E-state index is 15.1. The highest BCUT2D eigenvalue weighted by atomic mass is 19.2. The van der Waals surface area contributed by atoms with Crippen molar-refractivity contribution in [3.05, 3.63) is 84.2 Å². The standard InChI is InChI=1S/C30H48F2O2.C4H8.CH2O/c1-12-21(4)19-28(34-18-17-33-11)26(9)27(10)30(32)29(31)25(8)24(7)16-15-23(6)22(5)14-13-20(2)3;1-4(2)3;1-2/h19-20,22-24H,4,8-10,12-18H2,1-3,5-7,11H3;1H2,2-3H3;1H2/b28-19+,30-29-;;. The van der Waals surface area contributed by atoms with E-state index < -0.39 is 11.7 Å². The van der Waals surface area contributed by atoms with E-state index in [0.717, 1.165) is 18.4 Å². The highest BCUT2D eigenvalue weighted by molar-refractivity contribution is 5.53. The molecule has 0 heterocycles. The van der Waals surface area contributed by atoms with Crippen LogP contribution in [0.25, 0.3) is 0 Å². The largest absolute Gasteiger partial charge is 0.491 e. The summed E-state index contributed by atoms with van der Waals surface area (Å²) in [4.78, 5) is 8.00. The van der Waals surface area contributed by atoms with E-state index in [4.69, 9.17) is 14.3 Å². The molecule has 0 radical (unpaired) electrons. The molecule has 0 spiro atoms. The summed E-state index contributed by atoms with van der Waals surface area (Å²) in [5.74, 6) is -0.0832. The minimum absolute atomic E-state index is 0.150. The molecule has 3 nitrogen and oxygen atoms in total. The molecule has 0 aromatic heterocycles. The highest BCUT2D eigenvalue weighted by Crippen LogP contribution is 2.34. The van der Waals surface area contributed by atoms with Crippen LogP contribution in [0, 0.1) is 23.7 Å². The predicted molar refractivity (Wildman–Crippen MR) is 170 cm³/mol. The van der Waals surface area contributed by atoms with Crippen molar-refractivity contribution < 1.29 is 23.0 Å². The summed E-state index contributed by atoms with van der Waals surface area (Å²) < 4.78 is 40.8. The van der Waals surface area contributed by atoms with E-state index in [1.807, 2.05) is 34.5 Å². The second-order valence-corrected chi connectivity index (χ2v) is 11.1. The SMILES string of the molecule is C=C(/C=C(/OCCOC)C(=C)C(=C)/C(F)=C(/F)C(=C)C(C)CCC(C)C(C)CCC(C)C)CC.C=C(C)C.C=O.